The molecule has 1 saturated heterocycles. The zero-order valence-corrected chi connectivity index (χ0v) is 9.75. The molecule has 0 aromatic heterocycles. The molecule has 0 radical (unpaired) electrons. The van der Waals surface area contributed by atoms with Crippen molar-refractivity contribution in [3.05, 3.63) is 0 Å². The highest BCUT2D eigenvalue weighted by Crippen LogP contribution is 2.44. The number of carbonyl (C=O) groups excluding carboxylic acids is 1. The number of rotatable bonds is 2. The number of hydrogen-bond donors (Lipinski definition) is 1. The lowest BCUT2D eigenvalue weighted by Gasteiger charge is -2.22. The number of amides is 1. The number of likely N-dealkylation sites (tertiary alicyclic amines) is 1. The third kappa shape index (κ3) is 3.09. The van der Waals surface area contributed by atoms with Gasteiger partial charge in [-0.05, 0) is 39.0 Å². The summed E-state index contributed by atoms with van der Waals surface area (Å²) in [6.07, 6.45) is 1.08. The maximum Gasteiger partial charge on any atom is 0.408 e. The number of hydrogen-bond acceptors (Lipinski definition) is 3. The number of ether oxygens (including phenoxy) is 1. The van der Waals surface area contributed by atoms with Crippen LogP contribution in [0, 0.1) is 11.8 Å². The zero-order valence-electron chi connectivity index (χ0n) is 9.75. The van der Waals surface area contributed by atoms with Crippen molar-refractivity contribution in [1.82, 2.24) is 10.2 Å². The van der Waals surface area contributed by atoms with E-state index in [9.17, 15) is 4.79 Å². The third-order valence-electron chi connectivity index (χ3n) is 2.90. The van der Waals surface area contributed by atoms with E-state index in [0.717, 1.165) is 24.9 Å². The minimum Gasteiger partial charge on any atom is -0.444 e. The monoisotopic (exact) mass is 212 g/mol. The van der Waals surface area contributed by atoms with Gasteiger partial charge >= 0.3 is 6.09 Å². The van der Waals surface area contributed by atoms with Gasteiger partial charge in [-0.1, -0.05) is 0 Å². The minimum absolute atomic E-state index is 0.317. The Morgan fingerprint density at radius 1 is 1.40 bits per heavy atom. The van der Waals surface area contributed by atoms with Crippen molar-refractivity contribution in [2.24, 2.45) is 11.8 Å². The predicted octanol–water partition coefficient (Wildman–Crippen LogP) is 1.42. The van der Waals surface area contributed by atoms with Crippen LogP contribution in [0.3, 0.4) is 0 Å². The molecule has 0 aromatic carbocycles. The average Bonchev–Trinajstić information content (AvgIpc) is 2.68. The van der Waals surface area contributed by atoms with E-state index in [1.807, 2.05) is 20.8 Å². The van der Waals surface area contributed by atoms with E-state index in [-0.39, 0.29) is 6.09 Å². The predicted molar refractivity (Wildman–Crippen MR) is 57.4 cm³/mol. The lowest BCUT2D eigenvalue weighted by molar-refractivity contribution is 0.0495. The Balaban J connectivity index is 1.63. The molecule has 1 heterocycles. The summed E-state index contributed by atoms with van der Waals surface area (Å²) in [5, 5.41) is 2.79. The number of nitrogens with zero attached hydrogens (tertiary/aromatic N) is 1. The first kappa shape index (κ1) is 10.7. The molecule has 0 aromatic rings. The van der Waals surface area contributed by atoms with Crippen molar-refractivity contribution in [1.29, 1.82) is 0 Å². The highest BCUT2D eigenvalue weighted by Gasteiger charge is 2.44. The standard InChI is InChI=1S/C11H20N2O2/c1-11(2,3)15-10(14)12-7-13-5-8-4-9(8)6-13/h8-9H,4-7H2,1-3H3,(H,12,14). The number of fused-ring (bicyclic) bond motifs is 1. The lowest BCUT2D eigenvalue weighted by atomic mass is 10.2. The summed E-state index contributed by atoms with van der Waals surface area (Å²) in [6.45, 7) is 8.52. The first-order valence-electron chi connectivity index (χ1n) is 5.63. The summed E-state index contributed by atoms with van der Waals surface area (Å²) in [7, 11) is 0. The van der Waals surface area contributed by atoms with Crippen LogP contribution in [-0.2, 0) is 4.74 Å². The van der Waals surface area contributed by atoms with Crippen LogP contribution in [0.2, 0.25) is 0 Å². The Morgan fingerprint density at radius 2 is 2.00 bits per heavy atom. The lowest BCUT2D eigenvalue weighted by Crippen LogP contribution is -2.40. The van der Waals surface area contributed by atoms with Crippen molar-refractivity contribution in [2.75, 3.05) is 19.8 Å². The molecule has 2 rings (SSSR count). The summed E-state index contributed by atoms with van der Waals surface area (Å²) in [4.78, 5) is 13.6. The van der Waals surface area contributed by atoms with Gasteiger partial charge in [0.05, 0.1) is 6.67 Å². The van der Waals surface area contributed by atoms with Gasteiger partial charge in [-0.25, -0.2) is 4.79 Å². The molecule has 2 aliphatic rings. The van der Waals surface area contributed by atoms with Crippen LogP contribution < -0.4 is 5.32 Å². The van der Waals surface area contributed by atoms with Crippen LogP contribution in [0.1, 0.15) is 27.2 Å². The van der Waals surface area contributed by atoms with Gasteiger partial charge in [0.1, 0.15) is 5.60 Å². The van der Waals surface area contributed by atoms with Crippen LogP contribution in [0.4, 0.5) is 4.79 Å². The molecule has 1 N–H and O–H groups in total. The Hall–Kier alpha value is -0.770. The van der Waals surface area contributed by atoms with Crippen LogP contribution in [-0.4, -0.2) is 36.4 Å². The second-order valence-electron chi connectivity index (χ2n) is 5.63. The quantitative estimate of drug-likeness (QED) is 0.752. The van der Waals surface area contributed by atoms with Crippen LogP contribution in [0.15, 0.2) is 0 Å². The topological polar surface area (TPSA) is 41.6 Å². The normalized spacial score (nSPS) is 29.8. The second-order valence-corrected chi connectivity index (χ2v) is 5.63. The third-order valence-corrected chi connectivity index (χ3v) is 2.90. The Morgan fingerprint density at radius 3 is 2.53 bits per heavy atom. The molecule has 0 spiro atoms. The van der Waals surface area contributed by atoms with E-state index in [0.29, 0.717) is 6.67 Å². The fraction of sp³-hybridized carbons (Fsp3) is 0.909. The molecular weight excluding hydrogens is 192 g/mol. The second kappa shape index (κ2) is 3.67. The molecule has 2 unspecified atom stereocenters. The van der Waals surface area contributed by atoms with Gasteiger partial charge in [-0.3, -0.25) is 4.90 Å². The molecule has 2 atom stereocenters. The summed E-state index contributed by atoms with van der Waals surface area (Å²) in [5.74, 6) is 1.82. The van der Waals surface area contributed by atoms with Crippen LogP contribution in [0.25, 0.3) is 0 Å². The van der Waals surface area contributed by atoms with E-state index < -0.39 is 5.60 Å². The van der Waals surface area contributed by atoms with Crippen molar-refractivity contribution >= 4 is 6.09 Å². The van der Waals surface area contributed by atoms with E-state index >= 15 is 0 Å². The smallest absolute Gasteiger partial charge is 0.408 e. The molecule has 4 heteroatoms. The van der Waals surface area contributed by atoms with Gasteiger partial charge in [-0.15, -0.1) is 0 Å². The maximum absolute atomic E-state index is 11.3. The van der Waals surface area contributed by atoms with Crippen molar-refractivity contribution in [3.63, 3.8) is 0 Å². The van der Waals surface area contributed by atoms with E-state index in [1.165, 1.54) is 6.42 Å². The summed E-state index contributed by atoms with van der Waals surface area (Å²) in [6, 6.07) is 0. The van der Waals surface area contributed by atoms with Crippen molar-refractivity contribution in [2.45, 2.75) is 32.8 Å². The summed E-state index contributed by atoms with van der Waals surface area (Å²) < 4.78 is 5.16. The Bertz CT molecular complexity index is 250. The van der Waals surface area contributed by atoms with E-state index in [1.54, 1.807) is 0 Å². The molecule has 1 aliphatic carbocycles. The van der Waals surface area contributed by atoms with Gasteiger partial charge in [0.25, 0.3) is 0 Å². The molecule has 15 heavy (non-hydrogen) atoms. The van der Waals surface area contributed by atoms with Crippen LogP contribution in [0.5, 0.6) is 0 Å². The van der Waals surface area contributed by atoms with Crippen molar-refractivity contribution < 1.29 is 9.53 Å². The summed E-state index contributed by atoms with van der Waals surface area (Å²) >= 11 is 0. The highest BCUT2D eigenvalue weighted by molar-refractivity contribution is 5.67. The number of alkyl carbamates (subject to hydrolysis) is 1. The molecule has 4 nitrogen and oxygen atoms in total. The highest BCUT2D eigenvalue weighted by atomic mass is 16.6. The van der Waals surface area contributed by atoms with Crippen LogP contribution >= 0.6 is 0 Å². The van der Waals surface area contributed by atoms with Gasteiger partial charge in [0, 0.05) is 13.1 Å². The molecule has 86 valence electrons. The van der Waals surface area contributed by atoms with E-state index in [4.69, 9.17) is 4.74 Å². The average molecular weight is 212 g/mol. The number of piperidine rings is 1. The first-order valence-corrected chi connectivity index (χ1v) is 5.63. The molecule has 1 saturated carbocycles. The maximum atomic E-state index is 11.3. The largest absolute Gasteiger partial charge is 0.444 e. The van der Waals surface area contributed by atoms with Crippen molar-refractivity contribution in [3.8, 4) is 0 Å². The van der Waals surface area contributed by atoms with Gasteiger partial charge in [0.15, 0.2) is 0 Å². The Kier molecular flexibility index (Phi) is 2.63. The Labute approximate surface area is 91.0 Å². The van der Waals surface area contributed by atoms with Gasteiger partial charge in [0.2, 0.25) is 0 Å². The molecular formula is C11H20N2O2. The molecule has 0 bridgehead atoms. The molecule has 1 amide bonds. The molecule has 2 fully saturated rings. The van der Waals surface area contributed by atoms with Gasteiger partial charge < -0.3 is 10.1 Å². The number of carbonyl (C=O) groups is 1. The fourth-order valence-corrected chi connectivity index (χ4v) is 2.11. The molecule has 1 aliphatic heterocycles. The van der Waals surface area contributed by atoms with E-state index in [2.05, 4.69) is 10.2 Å². The SMILES string of the molecule is CC(C)(C)OC(=O)NCN1CC2CC2C1. The zero-order chi connectivity index (χ0) is 11.1. The summed E-state index contributed by atoms with van der Waals surface area (Å²) in [5.41, 5.74) is -0.406. The first-order chi connectivity index (χ1) is 6.94. The number of nitrogens with one attached hydrogen (secondary N) is 1. The minimum atomic E-state index is -0.406. The fourth-order valence-electron chi connectivity index (χ4n) is 2.11. The van der Waals surface area contributed by atoms with Gasteiger partial charge in [-0.2, -0.15) is 0 Å².